The molecule has 28 heavy (non-hydrogen) atoms. The molecule has 0 atom stereocenters. The Hall–Kier alpha value is -2.28. The summed E-state index contributed by atoms with van der Waals surface area (Å²) in [4.78, 5) is 14.2. The van der Waals surface area contributed by atoms with Crippen molar-refractivity contribution < 1.29 is 4.74 Å². The minimum atomic E-state index is 0.703. The Labute approximate surface area is 166 Å². The van der Waals surface area contributed by atoms with Crippen LogP contribution in [-0.2, 0) is 24.4 Å². The number of rotatable bonds is 8. The van der Waals surface area contributed by atoms with Crippen molar-refractivity contribution in [3.05, 3.63) is 60.2 Å². The molecule has 6 heteroatoms. The molecule has 0 amide bonds. The van der Waals surface area contributed by atoms with Crippen molar-refractivity contribution >= 4 is 11.0 Å². The van der Waals surface area contributed by atoms with E-state index in [-0.39, 0.29) is 0 Å². The second-order valence-corrected chi connectivity index (χ2v) is 7.28. The second-order valence-electron chi connectivity index (χ2n) is 7.28. The van der Waals surface area contributed by atoms with Crippen molar-refractivity contribution in [2.75, 3.05) is 39.4 Å². The molecule has 0 unspecified atom stereocenters. The van der Waals surface area contributed by atoms with E-state index in [4.69, 9.17) is 9.72 Å². The van der Waals surface area contributed by atoms with Gasteiger partial charge in [-0.25, -0.2) is 4.98 Å². The molecule has 0 spiro atoms. The highest BCUT2D eigenvalue weighted by Crippen LogP contribution is 2.17. The van der Waals surface area contributed by atoms with Crippen LogP contribution in [-0.4, -0.2) is 63.7 Å². The maximum Gasteiger partial charge on any atom is 0.124 e. The monoisotopic (exact) mass is 379 g/mol. The van der Waals surface area contributed by atoms with Gasteiger partial charge in [0.2, 0.25) is 0 Å². The van der Waals surface area contributed by atoms with Crippen LogP contribution in [0.15, 0.2) is 48.8 Å². The van der Waals surface area contributed by atoms with Crippen LogP contribution in [0.2, 0.25) is 0 Å². The molecule has 0 radical (unpaired) electrons. The van der Waals surface area contributed by atoms with E-state index in [1.165, 1.54) is 5.56 Å². The van der Waals surface area contributed by atoms with Crippen molar-refractivity contribution in [3.8, 4) is 0 Å². The highest BCUT2D eigenvalue weighted by molar-refractivity contribution is 5.74. The van der Waals surface area contributed by atoms with Gasteiger partial charge in [0.1, 0.15) is 5.82 Å². The van der Waals surface area contributed by atoms with Crippen molar-refractivity contribution in [3.63, 3.8) is 0 Å². The van der Waals surface area contributed by atoms with Crippen molar-refractivity contribution in [1.82, 2.24) is 24.3 Å². The van der Waals surface area contributed by atoms with Crippen LogP contribution in [0, 0.1) is 0 Å². The zero-order valence-electron chi connectivity index (χ0n) is 16.6. The van der Waals surface area contributed by atoms with Crippen LogP contribution >= 0.6 is 0 Å². The van der Waals surface area contributed by atoms with Gasteiger partial charge in [0.05, 0.1) is 30.4 Å². The standard InChI is InChI=1S/C22H29N5O/c1-2-28-15-14-27-21-16-23-9-8-20(21)24-22(27)18-26-12-10-25(11-13-26)17-19-6-4-3-5-7-19/h3-9,16H,2,10-15,17-18H2,1H3. The third-order valence-corrected chi connectivity index (χ3v) is 5.37. The minimum Gasteiger partial charge on any atom is -0.380 e. The van der Waals surface area contributed by atoms with Gasteiger partial charge in [0.25, 0.3) is 0 Å². The molecule has 0 saturated carbocycles. The average molecular weight is 380 g/mol. The lowest BCUT2D eigenvalue weighted by molar-refractivity contribution is 0.116. The lowest BCUT2D eigenvalue weighted by atomic mass is 10.2. The second kappa shape index (κ2) is 9.28. The fourth-order valence-corrected chi connectivity index (χ4v) is 3.84. The molecule has 3 heterocycles. The highest BCUT2D eigenvalue weighted by Gasteiger charge is 2.20. The summed E-state index contributed by atoms with van der Waals surface area (Å²) in [5, 5.41) is 0. The maximum absolute atomic E-state index is 5.58. The van der Waals surface area contributed by atoms with Crippen LogP contribution in [0.25, 0.3) is 11.0 Å². The molecular formula is C22H29N5O. The first-order valence-corrected chi connectivity index (χ1v) is 10.2. The lowest BCUT2D eigenvalue weighted by Crippen LogP contribution is -2.45. The van der Waals surface area contributed by atoms with Crippen LogP contribution < -0.4 is 0 Å². The number of nitrogens with zero attached hydrogens (tertiary/aromatic N) is 5. The molecule has 3 aromatic rings. The SMILES string of the molecule is CCOCCn1c(CN2CCN(Cc3ccccc3)CC2)nc2ccncc21. The topological polar surface area (TPSA) is 46.4 Å². The summed E-state index contributed by atoms with van der Waals surface area (Å²) in [6.07, 6.45) is 3.73. The first kappa shape index (κ1) is 19.1. The van der Waals surface area contributed by atoms with Gasteiger partial charge in [-0.3, -0.25) is 14.8 Å². The maximum atomic E-state index is 5.58. The molecule has 1 aromatic carbocycles. The molecule has 1 aliphatic rings. The molecule has 0 N–H and O–H groups in total. The van der Waals surface area contributed by atoms with Gasteiger partial charge in [0, 0.05) is 52.1 Å². The fraction of sp³-hybridized carbons (Fsp3) is 0.455. The predicted molar refractivity (Wildman–Crippen MR) is 111 cm³/mol. The predicted octanol–water partition coefficient (Wildman–Crippen LogP) is 2.79. The number of fused-ring (bicyclic) bond motifs is 1. The molecule has 0 aliphatic carbocycles. The Morgan fingerprint density at radius 3 is 2.46 bits per heavy atom. The third kappa shape index (κ3) is 4.58. The Kier molecular flexibility index (Phi) is 6.31. The summed E-state index contributed by atoms with van der Waals surface area (Å²) < 4.78 is 7.85. The largest absolute Gasteiger partial charge is 0.380 e. The van der Waals surface area contributed by atoms with Crippen LogP contribution in [0.5, 0.6) is 0 Å². The van der Waals surface area contributed by atoms with Gasteiger partial charge in [-0.2, -0.15) is 0 Å². The summed E-state index contributed by atoms with van der Waals surface area (Å²) in [6, 6.07) is 12.7. The number of hydrogen-bond acceptors (Lipinski definition) is 5. The van der Waals surface area contributed by atoms with Crippen molar-refractivity contribution in [2.45, 2.75) is 26.6 Å². The summed E-state index contributed by atoms with van der Waals surface area (Å²) >= 11 is 0. The van der Waals surface area contributed by atoms with Gasteiger partial charge in [0.15, 0.2) is 0 Å². The number of aromatic nitrogens is 3. The molecule has 148 valence electrons. The quantitative estimate of drug-likeness (QED) is 0.563. The summed E-state index contributed by atoms with van der Waals surface area (Å²) in [7, 11) is 0. The van der Waals surface area contributed by atoms with E-state index in [2.05, 4.69) is 49.7 Å². The van der Waals surface area contributed by atoms with Gasteiger partial charge < -0.3 is 9.30 Å². The fourth-order valence-electron chi connectivity index (χ4n) is 3.84. The molecule has 1 saturated heterocycles. The van der Waals surface area contributed by atoms with E-state index >= 15 is 0 Å². The molecule has 1 aliphatic heterocycles. The molecule has 2 aromatic heterocycles. The van der Waals surface area contributed by atoms with Crippen LogP contribution in [0.1, 0.15) is 18.3 Å². The summed E-state index contributed by atoms with van der Waals surface area (Å²) in [5.74, 6) is 1.11. The van der Waals surface area contributed by atoms with Crippen molar-refractivity contribution in [1.29, 1.82) is 0 Å². The average Bonchev–Trinajstić information content (AvgIpc) is 3.08. The Morgan fingerprint density at radius 1 is 0.964 bits per heavy atom. The molecular weight excluding hydrogens is 350 g/mol. The van der Waals surface area contributed by atoms with E-state index in [1.54, 1.807) is 0 Å². The Bertz CT molecular complexity index is 871. The number of ether oxygens (including phenoxy) is 1. The van der Waals surface area contributed by atoms with E-state index in [0.29, 0.717) is 6.61 Å². The van der Waals surface area contributed by atoms with Gasteiger partial charge >= 0.3 is 0 Å². The molecule has 6 nitrogen and oxygen atoms in total. The molecule has 1 fully saturated rings. The first-order chi connectivity index (χ1) is 13.8. The lowest BCUT2D eigenvalue weighted by Gasteiger charge is -2.34. The number of pyridine rings is 1. The molecule has 0 bridgehead atoms. The van der Waals surface area contributed by atoms with Gasteiger partial charge in [-0.05, 0) is 18.6 Å². The number of imidazole rings is 1. The third-order valence-electron chi connectivity index (χ3n) is 5.37. The minimum absolute atomic E-state index is 0.703. The number of benzene rings is 1. The highest BCUT2D eigenvalue weighted by atomic mass is 16.5. The Balaban J connectivity index is 1.39. The Morgan fingerprint density at radius 2 is 1.71 bits per heavy atom. The normalized spacial score (nSPS) is 16.0. The first-order valence-electron chi connectivity index (χ1n) is 10.2. The van der Waals surface area contributed by atoms with Gasteiger partial charge in [-0.15, -0.1) is 0 Å². The smallest absolute Gasteiger partial charge is 0.124 e. The van der Waals surface area contributed by atoms with Crippen molar-refractivity contribution in [2.24, 2.45) is 0 Å². The van der Waals surface area contributed by atoms with Gasteiger partial charge in [-0.1, -0.05) is 30.3 Å². The van der Waals surface area contributed by atoms with E-state index < -0.39 is 0 Å². The van der Waals surface area contributed by atoms with E-state index in [9.17, 15) is 0 Å². The van der Waals surface area contributed by atoms with Crippen LogP contribution in [0.3, 0.4) is 0 Å². The molecule has 4 rings (SSSR count). The zero-order chi connectivity index (χ0) is 19.2. The van der Waals surface area contributed by atoms with Crippen LogP contribution in [0.4, 0.5) is 0 Å². The van der Waals surface area contributed by atoms with E-state index in [0.717, 1.165) is 69.3 Å². The summed E-state index contributed by atoms with van der Waals surface area (Å²) in [6.45, 7) is 10.5. The summed E-state index contributed by atoms with van der Waals surface area (Å²) in [5.41, 5.74) is 3.50. The zero-order valence-corrected chi connectivity index (χ0v) is 16.6. The van der Waals surface area contributed by atoms with E-state index in [1.807, 2.05) is 25.4 Å². The number of piperazine rings is 1. The number of hydrogen-bond donors (Lipinski definition) is 0.